The van der Waals surface area contributed by atoms with Crippen molar-refractivity contribution in [2.75, 3.05) is 0 Å². The van der Waals surface area contributed by atoms with E-state index in [0.29, 0.717) is 0 Å². The Hall–Kier alpha value is -2.09. The molecule has 0 amide bonds. The molecule has 0 saturated carbocycles. The van der Waals surface area contributed by atoms with Gasteiger partial charge in [0.2, 0.25) is 0 Å². The summed E-state index contributed by atoms with van der Waals surface area (Å²) in [4.78, 5) is 4.72. The Morgan fingerprint density at radius 2 is 1.78 bits per heavy atom. The largest absolute Gasteiger partial charge is 0.306 e. The molecule has 2 nitrogen and oxygen atoms in total. The average molecular weight is 236 g/mol. The minimum atomic E-state index is 1.03. The van der Waals surface area contributed by atoms with Crippen LogP contribution in [0.4, 0.5) is 0 Å². The van der Waals surface area contributed by atoms with Gasteiger partial charge in [0.05, 0.1) is 5.69 Å². The van der Waals surface area contributed by atoms with Crippen LogP contribution in [0.15, 0.2) is 42.7 Å². The molecular formula is C16H16N2. The van der Waals surface area contributed by atoms with Crippen LogP contribution < -0.4 is 0 Å². The number of aryl methyl sites for hydroxylation is 3. The summed E-state index contributed by atoms with van der Waals surface area (Å²) in [6, 6.07) is 10.6. The highest BCUT2D eigenvalue weighted by atomic mass is 15.0. The topological polar surface area (TPSA) is 17.3 Å². The molecular weight excluding hydrogens is 220 g/mol. The van der Waals surface area contributed by atoms with Crippen LogP contribution in [0.2, 0.25) is 0 Å². The number of hydrogen-bond donors (Lipinski definition) is 0. The van der Waals surface area contributed by atoms with Gasteiger partial charge in [-0.25, -0.2) is 4.98 Å². The summed E-state index contributed by atoms with van der Waals surface area (Å²) in [5.74, 6) is 0. The first-order valence-corrected chi connectivity index (χ1v) is 6.17. The summed E-state index contributed by atoms with van der Waals surface area (Å²) in [7, 11) is 0. The summed E-state index contributed by atoms with van der Waals surface area (Å²) < 4.78 is 2.08. The fourth-order valence-electron chi connectivity index (χ4n) is 2.19. The number of imidazole rings is 1. The lowest BCUT2D eigenvalue weighted by Gasteiger charge is -2.01. The van der Waals surface area contributed by atoms with Crippen molar-refractivity contribution < 1.29 is 0 Å². The Labute approximate surface area is 107 Å². The molecule has 3 aromatic rings. The SMILES string of the molecule is Cc1ccc(-c2cn3cccc(C)c3n2)cc1C. The first-order chi connectivity index (χ1) is 8.65. The van der Waals surface area contributed by atoms with E-state index < -0.39 is 0 Å². The Morgan fingerprint density at radius 3 is 2.50 bits per heavy atom. The summed E-state index contributed by atoms with van der Waals surface area (Å²) in [5.41, 5.74) is 7.08. The molecule has 0 radical (unpaired) electrons. The molecule has 0 aliphatic carbocycles. The van der Waals surface area contributed by atoms with Crippen LogP contribution >= 0.6 is 0 Å². The van der Waals surface area contributed by atoms with Crippen LogP contribution in [0.25, 0.3) is 16.9 Å². The maximum atomic E-state index is 4.72. The van der Waals surface area contributed by atoms with Gasteiger partial charge in [-0.3, -0.25) is 0 Å². The molecule has 0 bridgehead atoms. The smallest absolute Gasteiger partial charge is 0.140 e. The lowest BCUT2D eigenvalue weighted by molar-refractivity contribution is 1.16. The first-order valence-electron chi connectivity index (χ1n) is 6.17. The minimum absolute atomic E-state index is 1.03. The van der Waals surface area contributed by atoms with Crippen LogP contribution in [0.5, 0.6) is 0 Å². The fourth-order valence-corrected chi connectivity index (χ4v) is 2.19. The van der Waals surface area contributed by atoms with Gasteiger partial charge in [0.25, 0.3) is 0 Å². The molecule has 0 aliphatic rings. The van der Waals surface area contributed by atoms with E-state index in [1.165, 1.54) is 22.3 Å². The lowest BCUT2D eigenvalue weighted by Crippen LogP contribution is -1.84. The van der Waals surface area contributed by atoms with E-state index in [9.17, 15) is 0 Å². The molecule has 2 aromatic heterocycles. The number of hydrogen-bond acceptors (Lipinski definition) is 1. The van der Waals surface area contributed by atoms with Crippen molar-refractivity contribution in [3.05, 3.63) is 59.4 Å². The van der Waals surface area contributed by atoms with Gasteiger partial charge in [0, 0.05) is 18.0 Å². The van der Waals surface area contributed by atoms with E-state index in [2.05, 4.69) is 55.6 Å². The normalized spacial score (nSPS) is 11.1. The Kier molecular flexibility index (Phi) is 2.44. The van der Waals surface area contributed by atoms with Crippen LogP contribution in [0, 0.1) is 20.8 Å². The molecule has 0 atom stereocenters. The maximum Gasteiger partial charge on any atom is 0.140 e. The Morgan fingerprint density at radius 1 is 0.944 bits per heavy atom. The Balaban J connectivity index is 2.19. The highest BCUT2D eigenvalue weighted by Crippen LogP contribution is 2.22. The number of pyridine rings is 1. The molecule has 2 heteroatoms. The third-order valence-corrected chi connectivity index (χ3v) is 3.48. The van der Waals surface area contributed by atoms with Crippen LogP contribution in [-0.2, 0) is 0 Å². The number of benzene rings is 1. The van der Waals surface area contributed by atoms with Crippen LogP contribution in [0.1, 0.15) is 16.7 Å². The molecule has 90 valence electrons. The summed E-state index contributed by atoms with van der Waals surface area (Å²) in [6.45, 7) is 6.36. The van der Waals surface area contributed by atoms with Crippen molar-refractivity contribution in [3.8, 4) is 11.3 Å². The van der Waals surface area contributed by atoms with Gasteiger partial charge < -0.3 is 4.40 Å². The second-order valence-electron chi connectivity index (χ2n) is 4.85. The fraction of sp³-hybridized carbons (Fsp3) is 0.188. The molecule has 0 spiro atoms. The van der Waals surface area contributed by atoms with Gasteiger partial charge >= 0.3 is 0 Å². The van der Waals surface area contributed by atoms with E-state index in [1.54, 1.807) is 0 Å². The summed E-state index contributed by atoms with van der Waals surface area (Å²) in [6.07, 6.45) is 4.13. The van der Waals surface area contributed by atoms with Crippen molar-refractivity contribution in [3.63, 3.8) is 0 Å². The van der Waals surface area contributed by atoms with Gasteiger partial charge in [-0.15, -0.1) is 0 Å². The van der Waals surface area contributed by atoms with Crippen LogP contribution in [0.3, 0.4) is 0 Å². The monoisotopic (exact) mass is 236 g/mol. The molecule has 1 aromatic carbocycles. The van der Waals surface area contributed by atoms with Gasteiger partial charge in [0.1, 0.15) is 5.65 Å². The zero-order valence-electron chi connectivity index (χ0n) is 10.9. The number of nitrogens with zero attached hydrogens (tertiary/aromatic N) is 2. The predicted molar refractivity (Wildman–Crippen MR) is 74.8 cm³/mol. The van der Waals surface area contributed by atoms with Crippen LogP contribution in [-0.4, -0.2) is 9.38 Å². The van der Waals surface area contributed by atoms with Gasteiger partial charge in [-0.05, 0) is 49.6 Å². The molecule has 0 saturated heterocycles. The second-order valence-corrected chi connectivity index (χ2v) is 4.85. The molecule has 0 N–H and O–H groups in total. The standard InChI is InChI=1S/C16H16N2/c1-11-6-7-14(9-13(11)3)15-10-18-8-4-5-12(2)16(18)17-15/h4-10H,1-3H3. The average Bonchev–Trinajstić information content (AvgIpc) is 2.78. The van der Waals surface area contributed by atoms with E-state index in [-0.39, 0.29) is 0 Å². The molecule has 0 unspecified atom stereocenters. The zero-order chi connectivity index (χ0) is 12.7. The van der Waals surface area contributed by atoms with Gasteiger partial charge in [0.15, 0.2) is 0 Å². The van der Waals surface area contributed by atoms with Crippen molar-refractivity contribution in [1.29, 1.82) is 0 Å². The lowest BCUT2D eigenvalue weighted by atomic mass is 10.1. The van der Waals surface area contributed by atoms with Crippen molar-refractivity contribution in [1.82, 2.24) is 9.38 Å². The van der Waals surface area contributed by atoms with Gasteiger partial charge in [-0.1, -0.05) is 18.2 Å². The quantitative estimate of drug-likeness (QED) is 0.626. The number of fused-ring (bicyclic) bond motifs is 1. The summed E-state index contributed by atoms with van der Waals surface area (Å²) >= 11 is 0. The van der Waals surface area contributed by atoms with E-state index in [4.69, 9.17) is 4.98 Å². The summed E-state index contributed by atoms with van der Waals surface area (Å²) in [5, 5.41) is 0. The predicted octanol–water partition coefficient (Wildman–Crippen LogP) is 3.93. The third-order valence-electron chi connectivity index (χ3n) is 3.48. The number of aromatic nitrogens is 2. The number of rotatable bonds is 1. The zero-order valence-corrected chi connectivity index (χ0v) is 10.9. The van der Waals surface area contributed by atoms with E-state index in [1.807, 2.05) is 12.3 Å². The highest BCUT2D eigenvalue weighted by Gasteiger charge is 2.06. The molecule has 18 heavy (non-hydrogen) atoms. The van der Waals surface area contributed by atoms with E-state index in [0.717, 1.165) is 11.3 Å². The van der Waals surface area contributed by atoms with Gasteiger partial charge in [-0.2, -0.15) is 0 Å². The maximum absolute atomic E-state index is 4.72. The third kappa shape index (κ3) is 1.70. The molecule has 2 heterocycles. The molecule has 3 rings (SSSR count). The van der Waals surface area contributed by atoms with E-state index >= 15 is 0 Å². The highest BCUT2D eigenvalue weighted by molar-refractivity contribution is 5.65. The molecule has 0 aliphatic heterocycles. The molecule has 0 fully saturated rings. The van der Waals surface area contributed by atoms with Crippen molar-refractivity contribution in [2.24, 2.45) is 0 Å². The Bertz CT molecular complexity index is 723. The van der Waals surface area contributed by atoms with Crippen molar-refractivity contribution >= 4 is 5.65 Å². The van der Waals surface area contributed by atoms with Crippen molar-refractivity contribution in [2.45, 2.75) is 20.8 Å². The second kappa shape index (κ2) is 3.98. The minimum Gasteiger partial charge on any atom is -0.306 e. The first kappa shape index (κ1) is 11.0.